The largest absolute Gasteiger partial charge is 0.355 e. The average Bonchev–Trinajstić information content (AvgIpc) is 2.38. The third kappa shape index (κ3) is 4.06. The SMILES string of the molecule is Cc1cc(C)c(C)c(CC(=O)NCC(C)CN)c1C. The van der Waals surface area contributed by atoms with Gasteiger partial charge in [0.1, 0.15) is 0 Å². The summed E-state index contributed by atoms with van der Waals surface area (Å²) >= 11 is 0. The second-order valence-corrected chi connectivity index (χ2v) is 5.56. The lowest BCUT2D eigenvalue weighted by atomic mass is 9.92. The van der Waals surface area contributed by atoms with E-state index in [1.54, 1.807) is 0 Å². The number of nitrogens with two attached hydrogens (primary N) is 1. The highest BCUT2D eigenvalue weighted by Crippen LogP contribution is 2.22. The van der Waals surface area contributed by atoms with E-state index in [0.717, 1.165) is 5.56 Å². The second-order valence-electron chi connectivity index (χ2n) is 5.56. The van der Waals surface area contributed by atoms with Gasteiger partial charge in [-0.25, -0.2) is 0 Å². The summed E-state index contributed by atoms with van der Waals surface area (Å²) in [5.74, 6) is 0.405. The topological polar surface area (TPSA) is 55.1 Å². The Morgan fingerprint density at radius 3 is 2.21 bits per heavy atom. The molecule has 3 nitrogen and oxygen atoms in total. The molecule has 1 aromatic carbocycles. The van der Waals surface area contributed by atoms with Crippen LogP contribution in [0.25, 0.3) is 0 Å². The molecule has 0 aromatic heterocycles. The molecule has 0 aliphatic carbocycles. The van der Waals surface area contributed by atoms with Crippen LogP contribution in [0.4, 0.5) is 0 Å². The van der Waals surface area contributed by atoms with E-state index in [4.69, 9.17) is 5.73 Å². The van der Waals surface area contributed by atoms with Gasteiger partial charge in [-0.3, -0.25) is 4.79 Å². The Morgan fingerprint density at radius 1 is 1.21 bits per heavy atom. The summed E-state index contributed by atoms with van der Waals surface area (Å²) in [7, 11) is 0. The van der Waals surface area contributed by atoms with Crippen molar-refractivity contribution in [3.8, 4) is 0 Å². The number of carbonyl (C=O) groups is 1. The summed E-state index contributed by atoms with van der Waals surface area (Å²) in [6.07, 6.45) is 0.456. The zero-order valence-corrected chi connectivity index (χ0v) is 12.8. The van der Waals surface area contributed by atoms with Crippen molar-refractivity contribution in [1.29, 1.82) is 0 Å². The van der Waals surface area contributed by atoms with Crippen LogP contribution in [0.3, 0.4) is 0 Å². The molecule has 0 radical (unpaired) electrons. The van der Waals surface area contributed by atoms with Gasteiger partial charge in [-0.1, -0.05) is 13.0 Å². The number of amides is 1. The highest BCUT2D eigenvalue weighted by Gasteiger charge is 2.12. The van der Waals surface area contributed by atoms with Crippen molar-refractivity contribution < 1.29 is 4.79 Å². The Labute approximate surface area is 116 Å². The summed E-state index contributed by atoms with van der Waals surface area (Å²) in [5.41, 5.74) is 11.7. The predicted octanol–water partition coefficient (Wildman–Crippen LogP) is 2.17. The number of hydrogen-bond donors (Lipinski definition) is 2. The summed E-state index contributed by atoms with van der Waals surface area (Å²) in [6.45, 7) is 11.7. The Hall–Kier alpha value is -1.35. The number of rotatable bonds is 5. The van der Waals surface area contributed by atoms with Crippen molar-refractivity contribution in [1.82, 2.24) is 5.32 Å². The first-order valence-corrected chi connectivity index (χ1v) is 6.89. The first-order chi connectivity index (χ1) is 8.86. The Morgan fingerprint density at radius 2 is 1.74 bits per heavy atom. The molecule has 0 saturated carbocycles. The maximum atomic E-state index is 12.0. The van der Waals surface area contributed by atoms with Gasteiger partial charge in [-0.2, -0.15) is 0 Å². The van der Waals surface area contributed by atoms with Crippen LogP contribution in [0.1, 0.15) is 34.7 Å². The standard InChI is InChI=1S/C16H26N2O/c1-10(8-17)9-18-16(19)7-15-13(4)11(2)6-12(3)14(15)5/h6,10H,7-9,17H2,1-5H3,(H,18,19). The summed E-state index contributed by atoms with van der Waals surface area (Å²) < 4.78 is 0. The first-order valence-electron chi connectivity index (χ1n) is 6.89. The molecule has 106 valence electrons. The summed E-state index contributed by atoms with van der Waals surface area (Å²) in [4.78, 5) is 12.0. The van der Waals surface area contributed by atoms with Crippen LogP contribution < -0.4 is 11.1 Å². The molecule has 1 aromatic rings. The number of aryl methyl sites for hydroxylation is 2. The van der Waals surface area contributed by atoms with Gasteiger partial charge in [0.15, 0.2) is 0 Å². The van der Waals surface area contributed by atoms with E-state index in [1.165, 1.54) is 22.3 Å². The third-order valence-electron chi connectivity index (χ3n) is 3.91. The number of carbonyl (C=O) groups excluding carboxylic acids is 1. The lowest BCUT2D eigenvalue weighted by Gasteiger charge is -2.16. The van der Waals surface area contributed by atoms with Crippen molar-refractivity contribution in [3.05, 3.63) is 33.9 Å². The molecule has 1 atom stereocenters. The minimum Gasteiger partial charge on any atom is -0.355 e. The molecule has 0 bridgehead atoms. The van der Waals surface area contributed by atoms with E-state index < -0.39 is 0 Å². The maximum Gasteiger partial charge on any atom is 0.224 e. The van der Waals surface area contributed by atoms with Crippen molar-refractivity contribution in [2.75, 3.05) is 13.1 Å². The fraction of sp³-hybridized carbons (Fsp3) is 0.562. The molecule has 0 spiro atoms. The fourth-order valence-electron chi connectivity index (χ4n) is 2.16. The lowest BCUT2D eigenvalue weighted by Crippen LogP contribution is -2.32. The van der Waals surface area contributed by atoms with Gasteiger partial charge >= 0.3 is 0 Å². The van der Waals surface area contributed by atoms with Crippen molar-refractivity contribution in [2.45, 2.75) is 41.0 Å². The molecule has 19 heavy (non-hydrogen) atoms. The zero-order chi connectivity index (χ0) is 14.6. The maximum absolute atomic E-state index is 12.0. The Bertz CT molecular complexity index is 440. The molecule has 1 unspecified atom stereocenters. The number of benzene rings is 1. The van der Waals surface area contributed by atoms with Gasteiger partial charge in [0, 0.05) is 6.54 Å². The number of hydrogen-bond acceptors (Lipinski definition) is 2. The van der Waals surface area contributed by atoms with Crippen LogP contribution >= 0.6 is 0 Å². The van der Waals surface area contributed by atoms with Crippen LogP contribution in [0, 0.1) is 33.6 Å². The van der Waals surface area contributed by atoms with E-state index in [-0.39, 0.29) is 5.91 Å². The number of nitrogens with one attached hydrogen (secondary N) is 1. The van der Waals surface area contributed by atoms with E-state index in [2.05, 4.69) is 39.1 Å². The molecule has 1 rings (SSSR count). The van der Waals surface area contributed by atoms with Crippen molar-refractivity contribution in [2.24, 2.45) is 11.7 Å². The molecule has 1 amide bonds. The normalized spacial score (nSPS) is 12.3. The van der Waals surface area contributed by atoms with Crippen LogP contribution in [-0.2, 0) is 11.2 Å². The molecule has 0 saturated heterocycles. The fourth-order valence-corrected chi connectivity index (χ4v) is 2.16. The molecule has 0 heterocycles. The summed E-state index contributed by atoms with van der Waals surface area (Å²) in [5, 5.41) is 2.96. The van der Waals surface area contributed by atoms with Crippen molar-refractivity contribution >= 4 is 5.91 Å². The first kappa shape index (κ1) is 15.7. The Balaban J connectivity index is 2.80. The minimum atomic E-state index is 0.0801. The third-order valence-corrected chi connectivity index (χ3v) is 3.91. The molecular weight excluding hydrogens is 236 g/mol. The quantitative estimate of drug-likeness (QED) is 0.854. The minimum absolute atomic E-state index is 0.0801. The lowest BCUT2D eigenvalue weighted by molar-refractivity contribution is -0.120. The average molecular weight is 262 g/mol. The van der Waals surface area contributed by atoms with Crippen LogP contribution in [-0.4, -0.2) is 19.0 Å². The van der Waals surface area contributed by atoms with Gasteiger partial charge in [0.05, 0.1) is 6.42 Å². The van der Waals surface area contributed by atoms with E-state index in [0.29, 0.717) is 25.4 Å². The van der Waals surface area contributed by atoms with E-state index in [9.17, 15) is 4.79 Å². The predicted molar refractivity (Wildman–Crippen MR) is 80.3 cm³/mol. The molecule has 3 N–H and O–H groups in total. The highest BCUT2D eigenvalue weighted by atomic mass is 16.1. The van der Waals surface area contributed by atoms with Gasteiger partial charge < -0.3 is 11.1 Å². The smallest absolute Gasteiger partial charge is 0.224 e. The molecule has 0 aliphatic heterocycles. The van der Waals surface area contributed by atoms with Gasteiger partial charge in [0.25, 0.3) is 0 Å². The van der Waals surface area contributed by atoms with Crippen LogP contribution in [0.15, 0.2) is 6.07 Å². The van der Waals surface area contributed by atoms with Gasteiger partial charge in [0.2, 0.25) is 5.91 Å². The van der Waals surface area contributed by atoms with Crippen molar-refractivity contribution in [3.63, 3.8) is 0 Å². The van der Waals surface area contributed by atoms with Crippen LogP contribution in [0.2, 0.25) is 0 Å². The van der Waals surface area contributed by atoms with Gasteiger partial charge in [-0.15, -0.1) is 0 Å². The van der Waals surface area contributed by atoms with E-state index in [1.807, 2.05) is 6.92 Å². The summed E-state index contributed by atoms with van der Waals surface area (Å²) in [6, 6.07) is 2.18. The van der Waals surface area contributed by atoms with E-state index >= 15 is 0 Å². The highest BCUT2D eigenvalue weighted by molar-refractivity contribution is 5.79. The monoisotopic (exact) mass is 262 g/mol. The molecule has 3 heteroatoms. The van der Waals surface area contributed by atoms with Crippen LogP contribution in [0.5, 0.6) is 0 Å². The Kier molecular flexibility index (Phi) is 5.55. The van der Waals surface area contributed by atoms with Gasteiger partial charge in [-0.05, 0) is 68.0 Å². The molecule has 0 fully saturated rings. The molecular formula is C16H26N2O. The second kappa shape index (κ2) is 6.71. The zero-order valence-electron chi connectivity index (χ0n) is 12.8. The molecule has 0 aliphatic rings.